The molecule has 2 N–H and O–H groups in total. The van der Waals surface area contributed by atoms with Gasteiger partial charge in [-0.05, 0) is 79.9 Å². The number of ether oxygens (including phenoxy) is 1. The Balaban J connectivity index is 2.69. The molecule has 0 aliphatic rings. The first-order chi connectivity index (χ1) is 18.0. The summed E-state index contributed by atoms with van der Waals surface area (Å²) in [4.78, 5) is 43.1. The van der Waals surface area contributed by atoms with E-state index >= 15 is 0 Å². The highest BCUT2D eigenvalue weighted by Gasteiger charge is 2.43. The Bertz CT molecular complexity index is 1120. The van der Waals surface area contributed by atoms with Gasteiger partial charge in [0.2, 0.25) is 11.8 Å². The molecule has 0 bridgehead atoms. The molecule has 0 heterocycles. The molecular formula is C32H47N3O4. The molecule has 2 rings (SSSR count). The van der Waals surface area contributed by atoms with Gasteiger partial charge in [-0.15, -0.1) is 0 Å². The Hall–Kier alpha value is -3.35. The summed E-state index contributed by atoms with van der Waals surface area (Å²) in [7, 11) is 0. The first-order valence-corrected chi connectivity index (χ1v) is 13.8. The molecule has 2 aromatic carbocycles. The van der Waals surface area contributed by atoms with Gasteiger partial charge in [0.1, 0.15) is 17.7 Å². The van der Waals surface area contributed by atoms with Crippen molar-refractivity contribution < 1.29 is 19.1 Å². The fourth-order valence-electron chi connectivity index (χ4n) is 4.56. The monoisotopic (exact) mass is 537 g/mol. The first-order valence-electron chi connectivity index (χ1n) is 13.8. The number of rotatable bonds is 10. The van der Waals surface area contributed by atoms with E-state index in [1.807, 2.05) is 97.0 Å². The molecule has 0 aliphatic carbocycles. The van der Waals surface area contributed by atoms with Gasteiger partial charge >= 0.3 is 6.09 Å². The third kappa shape index (κ3) is 9.41. The van der Waals surface area contributed by atoms with Gasteiger partial charge in [0.25, 0.3) is 0 Å². The minimum atomic E-state index is -0.951. The van der Waals surface area contributed by atoms with Gasteiger partial charge in [-0.2, -0.15) is 0 Å². The number of carbonyl (C=O) groups excluding carboxylic acids is 3. The molecule has 0 spiro atoms. The van der Waals surface area contributed by atoms with Crippen LogP contribution in [0.25, 0.3) is 0 Å². The zero-order valence-electron chi connectivity index (χ0n) is 25.3. The van der Waals surface area contributed by atoms with Crippen molar-refractivity contribution in [2.24, 2.45) is 0 Å². The Morgan fingerprint density at radius 1 is 0.897 bits per heavy atom. The molecule has 0 aliphatic heterocycles. The van der Waals surface area contributed by atoms with Gasteiger partial charge in [0.15, 0.2) is 0 Å². The van der Waals surface area contributed by atoms with Crippen LogP contribution in [0.2, 0.25) is 0 Å². The molecule has 0 saturated carbocycles. The summed E-state index contributed by atoms with van der Waals surface area (Å²) >= 11 is 0. The number of carbonyl (C=O) groups is 3. The van der Waals surface area contributed by atoms with Crippen LogP contribution in [-0.2, 0) is 20.7 Å². The standard InChI is InChI=1S/C32H47N3O4/c1-11-32(9,10)35(27(28(36)33-21(2)3)25-18-22(4)17-23(5)19-25)29(37)26(20-24-15-13-12-14-16-24)34-30(38)39-31(6,7)8/h12-19,21,26-27H,11,20H2,1-10H3,(H,33,36)(H,34,38). The summed E-state index contributed by atoms with van der Waals surface area (Å²) < 4.78 is 5.52. The average molecular weight is 538 g/mol. The van der Waals surface area contributed by atoms with Crippen LogP contribution < -0.4 is 10.6 Å². The van der Waals surface area contributed by atoms with Crippen molar-refractivity contribution in [1.29, 1.82) is 0 Å². The topological polar surface area (TPSA) is 87.7 Å². The first kappa shape index (κ1) is 31.9. The highest BCUT2D eigenvalue weighted by molar-refractivity contribution is 5.93. The van der Waals surface area contributed by atoms with E-state index in [4.69, 9.17) is 4.74 Å². The van der Waals surface area contributed by atoms with Crippen LogP contribution >= 0.6 is 0 Å². The summed E-state index contributed by atoms with van der Waals surface area (Å²) in [5, 5.41) is 5.85. The third-order valence-corrected chi connectivity index (χ3v) is 6.52. The molecule has 0 aromatic heterocycles. The van der Waals surface area contributed by atoms with E-state index in [9.17, 15) is 14.4 Å². The number of nitrogens with one attached hydrogen (secondary N) is 2. The second-order valence-electron chi connectivity index (χ2n) is 12.2. The van der Waals surface area contributed by atoms with Gasteiger partial charge in [0, 0.05) is 18.0 Å². The molecule has 2 atom stereocenters. The minimum Gasteiger partial charge on any atom is -0.444 e. The quantitative estimate of drug-likeness (QED) is 0.388. The van der Waals surface area contributed by atoms with Gasteiger partial charge in [0.05, 0.1) is 0 Å². The maximum atomic E-state index is 14.6. The number of nitrogens with zero attached hydrogens (tertiary/aromatic N) is 1. The Morgan fingerprint density at radius 3 is 1.95 bits per heavy atom. The predicted molar refractivity (Wildman–Crippen MR) is 156 cm³/mol. The third-order valence-electron chi connectivity index (χ3n) is 6.52. The Kier molecular flexibility index (Phi) is 10.7. The molecule has 7 heteroatoms. The lowest BCUT2D eigenvalue weighted by molar-refractivity contribution is -0.149. The van der Waals surface area contributed by atoms with Crippen LogP contribution in [0.3, 0.4) is 0 Å². The lowest BCUT2D eigenvalue weighted by Gasteiger charge is -2.45. The summed E-state index contributed by atoms with van der Waals surface area (Å²) in [5.74, 6) is -0.611. The van der Waals surface area contributed by atoms with Crippen molar-refractivity contribution in [2.75, 3.05) is 0 Å². The van der Waals surface area contributed by atoms with Crippen LogP contribution in [-0.4, -0.2) is 46.0 Å². The SMILES string of the molecule is CCC(C)(C)N(C(=O)C(Cc1ccccc1)NC(=O)OC(C)(C)C)C(C(=O)NC(C)C)c1cc(C)cc(C)c1. The van der Waals surface area contributed by atoms with Crippen LogP contribution in [0, 0.1) is 13.8 Å². The van der Waals surface area contributed by atoms with E-state index in [1.54, 1.807) is 25.7 Å². The number of hydrogen-bond donors (Lipinski definition) is 2. The summed E-state index contributed by atoms with van der Waals surface area (Å²) in [6.45, 7) is 19.0. The van der Waals surface area contributed by atoms with Crippen LogP contribution in [0.5, 0.6) is 0 Å². The summed E-state index contributed by atoms with van der Waals surface area (Å²) in [6, 6.07) is 13.5. The van der Waals surface area contributed by atoms with Crippen molar-refractivity contribution in [1.82, 2.24) is 15.5 Å². The van der Waals surface area contributed by atoms with Crippen molar-refractivity contribution in [3.05, 3.63) is 70.8 Å². The second-order valence-corrected chi connectivity index (χ2v) is 12.2. The van der Waals surface area contributed by atoms with E-state index in [-0.39, 0.29) is 24.3 Å². The van der Waals surface area contributed by atoms with E-state index in [0.717, 1.165) is 22.3 Å². The predicted octanol–water partition coefficient (Wildman–Crippen LogP) is 6.02. The molecule has 3 amide bonds. The Morgan fingerprint density at radius 2 is 1.46 bits per heavy atom. The number of hydrogen-bond acceptors (Lipinski definition) is 4. The highest BCUT2D eigenvalue weighted by Crippen LogP contribution is 2.33. The molecule has 214 valence electrons. The smallest absolute Gasteiger partial charge is 0.408 e. The maximum Gasteiger partial charge on any atom is 0.408 e. The van der Waals surface area contributed by atoms with Crippen molar-refractivity contribution >= 4 is 17.9 Å². The Labute approximate surface area is 234 Å². The molecule has 39 heavy (non-hydrogen) atoms. The minimum absolute atomic E-state index is 0.118. The van der Waals surface area contributed by atoms with Gasteiger partial charge in [-0.25, -0.2) is 4.79 Å². The average Bonchev–Trinajstić information content (AvgIpc) is 2.79. The van der Waals surface area contributed by atoms with Crippen LogP contribution in [0.4, 0.5) is 4.79 Å². The number of aryl methyl sites for hydroxylation is 2. The van der Waals surface area contributed by atoms with Crippen LogP contribution in [0.1, 0.15) is 90.1 Å². The van der Waals surface area contributed by atoms with Gasteiger partial charge in [-0.1, -0.05) is 66.6 Å². The fraction of sp³-hybridized carbons (Fsp3) is 0.531. The largest absolute Gasteiger partial charge is 0.444 e. The molecule has 7 nitrogen and oxygen atoms in total. The number of amides is 3. The van der Waals surface area contributed by atoms with E-state index in [1.165, 1.54) is 0 Å². The van der Waals surface area contributed by atoms with Crippen molar-refractivity contribution in [3.8, 4) is 0 Å². The van der Waals surface area contributed by atoms with E-state index < -0.39 is 29.3 Å². The number of benzene rings is 2. The lowest BCUT2D eigenvalue weighted by Crippen LogP contribution is -2.60. The van der Waals surface area contributed by atoms with Gasteiger partial charge in [-0.3, -0.25) is 9.59 Å². The zero-order chi connectivity index (χ0) is 29.5. The molecule has 0 saturated heterocycles. The van der Waals surface area contributed by atoms with E-state index in [2.05, 4.69) is 10.6 Å². The molecule has 2 aromatic rings. The van der Waals surface area contributed by atoms with Crippen LogP contribution in [0.15, 0.2) is 48.5 Å². The van der Waals surface area contributed by atoms with E-state index in [0.29, 0.717) is 6.42 Å². The van der Waals surface area contributed by atoms with Gasteiger partial charge < -0.3 is 20.3 Å². The highest BCUT2D eigenvalue weighted by atomic mass is 16.6. The normalized spacial score (nSPS) is 13.4. The lowest BCUT2D eigenvalue weighted by atomic mass is 9.90. The van der Waals surface area contributed by atoms with Crippen molar-refractivity contribution in [3.63, 3.8) is 0 Å². The van der Waals surface area contributed by atoms with Crippen molar-refractivity contribution in [2.45, 2.75) is 111 Å². The molecule has 0 radical (unpaired) electrons. The summed E-state index contributed by atoms with van der Waals surface area (Å²) in [5.41, 5.74) is 2.18. The molecule has 2 unspecified atom stereocenters. The molecular weight excluding hydrogens is 490 g/mol. The fourth-order valence-corrected chi connectivity index (χ4v) is 4.56. The summed E-state index contributed by atoms with van der Waals surface area (Å²) in [6.07, 6.45) is 0.167. The zero-order valence-corrected chi connectivity index (χ0v) is 25.3. The molecule has 0 fully saturated rings. The maximum absolute atomic E-state index is 14.6. The second kappa shape index (κ2) is 13.1. The number of alkyl carbamates (subject to hydrolysis) is 1.